The fourth-order valence-corrected chi connectivity index (χ4v) is 3.34. The van der Waals surface area contributed by atoms with Crippen molar-refractivity contribution >= 4 is 44.7 Å². The highest BCUT2D eigenvalue weighted by atomic mass is 16.3. The van der Waals surface area contributed by atoms with Gasteiger partial charge in [-0.1, -0.05) is 48.5 Å². The van der Waals surface area contributed by atoms with E-state index in [1.807, 2.05) is 66.7 Å². The summed E-state index contributed by atoms with van der Waals surface area (Å²) < 4.78 is 6.23. The van der Waals surface area contributed by atoms with Crippen LogP contribution in [0.25, 0.3) is 21.9 Å². The molecule has 3 nitrogen and oxygen atoms in total. The molecular formula is C24H18N2O. The molecule has 1 heterocycles. The van der Waals surface area contributed by atoms with Crippen molar-refractivity contribution in [3.63, 3.8) is 0 Å². The Labute approximate surface area is 157 Å². The number of nitrogens with one attached hydrogen (secondary N) is 2. The Morgan fingerprint density at radius 1 is 0.519 bits per heavy atom. The molecular weight excluding hydrogens is 332 g/mol. The first-order valence-corrected chi connectivity index (χ1v) is 8.96. The van der Waals surface area contributed by atoms with Crippen molar-refractivity contribution in [2.75, 3.05) is 10.6 Å². The average molecular weight is 350 g/mol. The van der Waals surface area contributed by atoms with Gasteiger partial charge in [0, 0.05) is 33.9 Å². The fourth-order valence-electron chi connectivity index (χ4n) is 3.34. The first-order chi connectivity index (χ1) is 13.4. The SMILES string of the molecule is c1ccc(Nc2ccc3c(c2)oc2c(Nc4ccccc4)cccc23)cc1. The molecule has 0 radical (unpaired) electrons. The second kappa shape index (κ2) is 6.54. The van der Waals surface area contributed by atoms with Gasteiger partial charge in [-0.2, -0.15) is 0 Å². The fraction of sp³-hybridized carbons (Fsp3) is 0. The van der Waals surface area contributed by atoms with E-state index in [1.54, 1.807) is 0 Å². The Kier molecular flexibility index (Phi) is 3.76. The number of fused-ring (bicyclic) bond motifs is 3. The number of para-hydroxylation sites is 3. The maximum Gasteiger partial charge on any atom is 0.158 e. The summed E-state index contributed by atoms with van der Waals surface area (Å²) in [6, 6.07) is 32.7. The topological polar surface area (TPSA) is 37.2 Å². The Morgan fingerprint density at radius 2 is 1.22 bits per heavy atom. The minimum Gasteiger partial charge on any atom is -0.454 e. The largest absolute Gasteiger partial charge is 0.454 e. The van der Waals surface area contributed by atoms with E-state index in [0.717, 1.165) is 44.7 Å². The van der Waals surface area contributed by atoms with Gasteiger partial charge in [-0.25, -0.2) is 0 Å². The van der Waals surface area contributed by atoms with Crippen LogP contribution in [-0.2, 0) is 0 Å². The molecule has 0 atom stereocenters. The van der Waals surface area contributed by atoms with Crippen molar-refractivity contribution in [2.45, 2.75) is 0 Å². The second-order valence-electron chi connectivity index (χ2n) is 6.48. The normalized spacial score (nSPS) is 11.0. The molecule has 3 heteroatoms. The van der Waals surface area contributed by atoms with Crippen molar-refractivity contribution in [2.24, 2.45) is 0 Å². The monoisotopic (exact) mass is 350 g/mol. The quantitative estimate of drug-likeness (QED) is 0.364. The lowest BCUT2D eigenvalue weighted by molar-refractivity contribution is 0.670. The van der Waals surface area contributed by atoms with Crippen LogP contribution < -0.4 is 10.6 Å². The smallest absolute Gasteiger partial charge is 0.158 e. The predicted molar refractivity (Wildman–Crippen MR) is 113 cm³/mol. The van der Waals surface area contributed by atoms with Gasteiger partial charge in [-0.3, -0.25) is 0 Å². The van der Waals surface area contributed by atoms with E-state index in [4.69, 9.17) is 4.42 Å². The molecule has 4 aromatic carbocycles. The number of hydrogen-bond acceptors (Lipinski definition) is 3. The molecule has 5 aromatic rings. The number of rotatable bonds is 4. The van der Waals surface area contributed by atoms with Crippen LogP contribution >= 0.6 is 0 Å². The van der Waals surface area contributed by atoms with Crippen LogP contribution in [0.15, 0.2) is 101 Å². The van der Waals surface area contributed by atoms with E-state index in [2.05, 4.69) is 41.0 Å². The van der Waals surface area contributed by atoms with Crippen molar-refractivity contribution < 1.29 is 4.42 Å². The van der Waals surface area contributed by atoms with Gasteiger partial charge in [0.15, 0.2) is 5.58 Å². The zero-order valence-electron chi connectivity index (χ0n) is 14.6. The van der Waals surface area contributed by atoms with E-state index < -0.39 is 0 Å². The maximum absolute atomic E-state index is 6.23. The van der Waals surface area contributed by atoms with E-state index in [-0.39, 0.29) is 0 Å². The molecule has 0 amide bonds. The van der Waals surface area contributed by atoms with E-state index in [1.165, 1.54) is 0 Å². The summed E-state index contributed by atoms with van der Waals surface area (Å²) in [5.74, 6) is 0. The van der Waals surface area contributed by atoms with Gasteiger partial charge in [0.05, 0.1) is 5.69 Å². The van der Waals surface area contributed by atoms with E-state index >= 15 is 0 Å². The van der Waals surface area contributed by atoms with Crippen LogP contribution in [0.1, 0.15) is 0 Å². The van der Waals surface area contributed by atoms with Crippen molar-refractivity contribution in [1.82, 2.24) is 0 Å². The lowest BCUT2D eigenvalue weighted by atomic mass is 10.1. The van der Waals surface area contributed by atoms with Crippen LogP contribution in [0, 0.1) is 0 Å². The maximum atomic E-state index is 6.23. The van der Waals surface area contributed by atoms with Crippen molar-refractivity contribution in [1.29, 1.82) is 0 Å². The first kappa shape index (κ1) is 15.5. The van der Waals surface area contributed by atoms with Gasteiger partial charge < -0.3 is 15.1 Å². The number of hydrogen-bond donors (Lipinski definition) is 2. The molecule has 5 rings (SSSR count). The lowest BCUT2D eigenvalue weighted by Crippen LogP contribution is -1.89. The van der Waals surface area contributed by atoms with Crippen LogP contribution in [0.4, 0.5) is 22.7 Å². The van der Waals surface area contributed by atoms with Gasteiger partial charge in [-0.15, -0.1) is 0 Å². The molecule has 130 valence electrons. The molecule has 0 aliphatic rings. The molecule has 0 aliphatic carbocycles. The lowest BCUT2D eigenvalue weighted by Gasteiger charge is -2.06. The summed E-state index contributed by atoms with van der Waals surface area (Å²) in [7, 11) is 0. The van der Waals surface area contributed by atoms with Gasteiger partial charge in [0.1, 0.15) is 5.58 Å². The molecule has 0 spiro atoms. The standard InChI is InChI=1S/C24H18N2O/c1-3-8-17(9-4-1)25-19-14-15-20-21-12-7-13-22(24(21)27-23(20)16-19)26-18-10-5-2-6-11-18/h1-16,25-26H. The Morgan fingerprint density at radius 3 is 1.96 bits per heavy atom. The van der Waals surface area contributed by atoms with Crippen LogP contribution in [0.3, 0.4) is 0 Å². The summed E-state index contributed by atoms with van der Waals surface area (Å²) in [4.78, 5) is 0. The highest BCUT2D eigenvalue weighted by molar-refractivity contribution is 6.09. The zero-order chi connectivity index (χ0) is 18.1. The molecule has 0 saturated heterocycles. The third-order valence-corrected chi connectivity index (χ3v) is 4.61. The Hall–Kier alpha value is -3.72. The average Bonchev–Trinajstić information content (AvgIpc) is 3.08. The molecule has 0 aliphatic heterocycles. The zero-order valence-corrected chi connectivity index (χ0v) is 14.6. The van der Waals surface area contributed by atoms with E-state index in [9.17, 15) is 0 Å². The minimum absolute atomic E-state index is 0.869. The minimum atomic E-state index is 0.869. The van der Waals surface area contributed by atoms with Gasteiger partial charge in [0.25, 0.3) is 0 Å². The summed E-state index contributed by atoms with van der Waals surface area (Å²) in [6.45, 7) is 0. The van der Waals surface area contributed by atoms with Crippen LogP contribution in [-0.4, -0.2) is 0 Å². The molecule has 0 fully saturated rings. The Balaban J connectivity index is 1.56. The number of furan rings is 1. The van der Waals surface area contributed by atoms with Crippen LogP contribution in [0.5, 0.6) is 0 Å². The summed E-state index contributed by atoms with van der Waals surface area (Å²) in [6.07, 6.45) is 0. The molecule has 0 saturated carbocycles. The first-order valence-electron chi connectivity index (χ1n) is 8.96. The highest BCUT2D eigenvalue weighted by Crippen LogP contribution is 2.36. The van der Waals surface area contributed by atoms with Gasteiger partial charge in [-0.05, 0) is 42.5 Å². The highest BCUT2D eigenvalue weighted by Gasteiger charge is 2.11. The third-order valence-electron chi connectivity index (χ3n) is 4.61. The predicted octanol–water partition coefficient (Wildman–Crippen LogP) is 7.07. The third kappa shape index (κ3) is 3.00. The number of benzene rings is 4. The van der Waals surface area contributed by atoms with E-state index in [0.29, 0.717) is 0 Å². The van der Waals surface area contributed by atoms with Gasteiger partial charge >= 0.3 is 0 Å². The van der Waals surface area contributed by atoms with Crippen molar-refractivity contribution in [3.8, 4) is 0 Å². The molecule has 1 aromatic heterocycles. The Bertz CT molecular complexity index is 1210. The second-order valence-corrected chi connectivity index (χ2v) is 6.48. The summed E-state index contributed by atoms with van der Waals surface area (Å²) >= 11 is 0. The molecule has 27 heavy (non-hydrogen) atoms. The molecule has 0 unspecified atom stereocenters. The number of anilines is 4. The van der Waals surface area contributed by atoms with Gasteiger partial charge in [0.2, 0.25) is 0 Å². The van der Waals surface area contributed by atoms with Crippen molar-refractivity contribution in [3.05, 3.63) is 97.1 Å². The summed E-state index contributed by atoms with van der Waals surface area (Å²) in [5, 5.41) is 9.09. The molecule has 2 N–H and O–H groups in total. The van der Waals surface area contributed by atoms with Crippen LogP contribution in [0.2, 0.25) is 0 Å². The summed E-state index contributed by atoms with van der Waals surface area (Å²) in [5.41, 5.74) is 5.80. The molecule has 0 bridgehead atoms.